The van der Waals surface area contributed by atoms with Gasteiger partial charge in [-0.05, 0) is 29.8 Å². The Labute approximate surface area is 135 Å². The number of alkyl halides is 3. The number of anilines is 1. The monoisotopic (exact) mass is 330 g/mol. The van der Waals surface area contributed by atoms with Crippen LogP contribution in [0.5, 0.6) is 0 Å². The molecule has 0 unspecified atom stereocenters. The molecule has 0 aliphatic heterocycles. The minimum atomic E-state index is -4.50. The van der Waals surface area contributed by atoms with Crippen molar-refractivity contribution in [2.24, 2.45) is 0 Å². The molecule has 24 heavy (non-hydrogen) atoms. The molecule has 0 atom stereocenters. The van der Waals surface area contributed by atoms with Crippen molar-refractivity contribution < 1.29 is 13.2 Å². The zero-order chi connectivity index (χ0) is 17.3. The van der Waals surface area contributed by atoms with Crippen molar-refractivity contribution in [2.75, 3.05) is 5.32 Å². The summed E-state index contributed by atoms with van der Waals surface area (Å²) >= 11 is 0. The normalized spacial score (nSPS) is 11.5. The number of aromatic amines is 1. The van der Waals surface area contributed by atoms with E-state index in [1.54, 1.807) is 12.3 Å². The largest absolute Gasteiger partial charge is 0.433 e. The van der Waals surface area contributed by atoms with E-state index in [1.165, 1.54) is 12.1 Å². The first-order chi connectivity index (χ1) is 11.4. The first kappa shape index (κ1) is 15.8. The summed E-state index contributed by atoms with van der Waals surface area (Å²) < 4.78 is 38.3. The Hall–Kier alpha value is -3.09. The molecule has 0 fully saturated rings. The van der Waals surface area contributed by atoms with Crippen molar-refractivity contribution in [1.82, 2.24) is 15.2 Å². The van der Waals surface area contributed by atoms with E-state index >= 15 is 0 Å². The number of nitrogens with one attached hydrogen (secondary N) is 2. The number of halogens is 3. The maximum absolute atomic E-state index is 12.8. The number of pyridine rings is 1. The van der Waals surface area contributed by atoms with E-state index in [2.05, 4.69) is 33.7 Å². The summed E-state index contributed by atoms with van der Waals surface area (Å²) in [4.78, 5) is 3.62. The van der Waals surface area contributed by atoms with Gasteiger partial charge in [0.1, 0.15) is 5.69 Å². The molecule has 1 aromatic carbocycles. The lowest BCUT2D eigenvalue weighted by Crippen LogP contribution is -2.10. The first-order valence-corrected chi connectivity index (χ1v) is 6.98. The van der Waals surface area contributed by atoms with Gasteiger partial charge in [-0.2, -0.15) is 18.3 Å². The number of hydrogen-bond donors (Lipinski definition) is 2. The quantitative estimate of drug-likeness (QED) is 0.729. The van der Waals surface area contributed by atoms with Crippen LogP contribution < -0.4 is 5.32 Å². The molecule has 3 aromatic rings. The number of aromatic nitrogens is 3. The summed E-state index contributed by atoms with van der Waals surface area (Å²) in [5.74, 6) is 0. The number of nitrogens with zero attached hydrogens (tertiary/aromatic N) is 2. The SMILES string of the molecule is C=Cc1cc2[nH]ncc2cc1NC(=C)c1cccc(C(F)(F)F)n1. The van der Waals surface area contributed by atoms with Gasteiger partial charge in [0.15, 0.2) is 0 Å². The molecule has 0 aliphatic carbocycles. The van der Waals surface area contributed by atoms with E-state index in [0.717, 1.165) is 22.5 Å². The molecule has 3 rings (SSSR count). The van der Waals surface area contributed by atoms with Crippen molar-refractivity contribution in [3.63, 3.8) is 0 Å². The number of benzene rings is 1. The second-order valence-electron chi connectivity index (χ2n) is 5.11. The summed E-state index contributed by atoms with van der Waals surface area (Å²) in [5, 5.41) is 10.6. The van der Waals surface area contributed by atoms with Crippen molar-refractivity contribution in [2.45, 2.75) is 6.18 Å². The average Bonchev–Trinajstić information content (AvgIpc) is 3.00. The molecule has 0 saturated carbocycles. The summed E-state index contributed by atoms with van der Waals surface area (Å²) in [6, 6.07) is 7.34. The Balaban J connectivity index is 1.94. The molecule has 7 heteroatoms. The van der Waals surface area contributed by atoms with Gasteiger partial charge in [-0.25, -0.2) is 4.98 Å². The summed E-state index contributed by atoms with van der Waals surface area (Å²) in [6.07, 6.45) is -1.22. The molecule has 122 valence electrons. The van der Waals surface area contributed by atoms with Crippen LogP contribution in [-0.4, -0.2) is 15.2 Å². The molecular formula is C17H13F3N4. The van der Waals surface area contributed by atoms with E-state index in [9.17, 15) is 13.2 Å². The number of rotatable bonds is 4. The van der Waals surface area contributed by atoms with Gasteiger partial charge >= 0.3 is 6.18 Å². The predicted molar refractivity (Wildman–Crippen MR) is 88.1 cm³/mol. The third-order valence-corrected chi connectivity index (χ3v) is 3.46. The van der Waals surface area contributed by atoms with Crippen molar-refractivity contribution >= 4 is 28.4 Å². The second-order valence-corrected chi connectivity index (χ2v) is 5.11. The van der Waals surface area contributed by atoms with Gasteiger partial charge in [-0.3, -0.25) is 5.10 Å². The van der Waals surface area contributed by atoms with Crippen LogP contribution >= 0.6 is 0 Å². The van der Waals surface area contributed by atoms with E-state index < -0.39 is 11.9 Å². The molecule has 0 aliphatic rings. The number of H-pyrrole nitrogens is 1. The van der Waals surface area contributed by atoms with Gasteiger partial charge in [-0.15, -0.1) is 0 Å². The molecule has 0 saturated heterocycles. The summed E-state index contributed by atoms with van der Waals surface area (Å²) in [7, 11) is 0. The lowest BCUT2D eigenvalue weighted by molar-refractivity contribution is -0.141. The topological polar surface area (TPSA) is 53.6 Å². The van der Waals surface area contributed by atoms with Crippen LogP contribution in [0.2, 0.25) is 0 Å². The van der Waals surface area contributed by atoms with Crippen molar-refractivity contribution in [1.29, 1.82) is 0 Å². The molecule has 0 bridgehead atoms. The maximum atomic E-state index is 12.8. The third-order valence-electron chi connectivity index (χ3n) is 3.46. The van der Waals surface area contributed by atoms with E-state index in [4.69, 9.17) is 0 Å². The molecule has 0 amide bonds. The molecule has 2 N–H and O–H groups in total. The highest BCUT2D eigenvalue weighted by Gasteiger charge is 2.32. The molecule has 2 heterocycles. The third kappa shape index (κ3) is 3.01. The van der Waals surface area contributed by atoms with E-state index in [1.807, 2.05) is 12.1 Å². The lowest BCUT2D eigenvalue weighted by atomic mass is 10.1. The van der Waals surface area contributed by atoms with Crippen LogP contribution in [0.15, 0.2) is 49.7 Å². The summed E-state index contributed by atoms with van der Waals surface area (Å²) in [6.45, 7) is 7.53. The van der Waals surface area contributed by atoms with Crippen molar-refractivity contribution in [3.8, 4) is 0 Å². The fourth-order valence-electron chi connectivity index (χ4n) is 2.27. The van der Waals surface area contributed by atoms with Gasteiger partial charge in [0.2, 0.25) is 0 Å². The van der Waals surface area contributed by atoms with Crippen LogP contribution in [0.25, 0.3) is 22.7 Å². The Bertz CT molecular complexity index is 925. The van der Waals surface area contributed by atoms with Crippen LogP contribution in [0.4, 0.5) is 18.9 Å². The van der Waals surface area contributed by atoms with E-state index in [-0.39, 0.29) is 11.4 Å². The predicted octanol–water partition coefficient (Wildman–Crippen LogP) is 4.70. The smallest absolute Gasteiger partial charge is 0.354 e. The van der Waals surface area contributed by atoms with Gasteiger partial charge < -0.3 is 5.32 Å². The molecule has 2 aromatic heterocycles. The first-order valence-electron chi connectivity index (χ1n) is 6.98. The minimum Gasteiger partial charge on any atom is -0.354 e. The highest BCUT2D eigenvalue weighted by atomic mass is 19.4. The van der Waals surface area contributed by atoms with Crippen LogP contribution in [0.3, 0.4) is 0 Å². The van der Waals surface area contributed by atoms with Crippen LogP contribution in [0.1, 0.15) is 17.0 Å². The zero-order valence-corrected chi connectivity index (χ0v) is 12.5. The lowest BCUT2D eigenvalue weighted by Gasteiger charge is -2.13. The molecule has 0 spiro atoms. The van der Waals surface area contributed by atoms with Gasteiger partial charge in [0.05, 0.1) is 23.1 Å². The second kappa shape index (κ2) is 5.84. The Morgan fingerprint density at radius 2 is 2.04 bits per heavy atom. The molecule has 4 nitrogen and oxygen atoms in total. The Morgan fingerprint density at radius 1 is 1.25 bits per heavy atom. The Morgan fingerprint density at radius 3 is 2.75 bits per heavy atom. The molecule has 0 radical (unpaired) electrons. The van der Waals surface area contributed by atoms with Crippen molar-refractivity contribution in [3.05, 3.63) is 66.6 Å². The number of fused-ring (bicyclic) bond motifs is 1. The zero-order valence-electron chi connectivity index (χ0n) is 12.5. The number of hydrogen-bond acceptors (Lipinski definition) is 3. The minimum absolute atomic E-state index is 0.118. The fraction of sp³-hybridized carbons (Fsp3) is 0.0588. The van der Waals surface area contributed by atoms with Gasteiger partial charge in [0.25, 0.3) is 0 Å². The van der Waals surface area contributed by atoms with Gasteiger partial charge in [0, 0.05) is 11.1 Å². The molecular weight excluding hydrogens is 317 g/mol. The summed E-state index contributed by atoms with van der Waals surface area (Å²) in [5.41, 5.74) is 1.66. The van der Waals surface area contributed by atoms with Crippen LogP contribution in [-0.2, 0) is 6.18 Å². The Kier molecular flexibility index (Phi) is 3.84. The highest BCUT2D eigenvalue weighted by Crippen LogP contribution is 2.29. The average molecular weight is 330 g/mol. The van der Waals surface area contributed by atoms with Crippen LogP contribution in [0, 0.1) is 0 Å². The van der Waals surface area contributed by atoms with E-state index in [0.29, 0.717) is 5.69 Å². The standard InChI is InChI=1S/C17H13F3N4/c1-3-11-7-15-12(9-21-24-15)8-14(11)22-10(2)13-5-4-6-16(23-13)17(18,19)20/h3-9,22H,1-2H2,(H,21,24). The van der Waals surface area contributed by atoms with Gasteiger partial charge in [-0.1, -0.05) is 25.3 Å². The maximum Gasteiger partial charge on any atom is 0.433 e. The highest BCUT2D eigenvalue weighted by molar-refractivity contribution is 5.90. The fourth-order valence-corrected chi connectivity index (χ4v) is 2.27.